The van der Waals surface area contributed by atoms with E-state index in [1.165, 1.54) is 27.8 Å². The van der Waals surface area contributed by atoms with E-state index in [4.69, 9.17) is 4.42 Å². The molecular formula is C23H23N3O3S. The van der Waals surface area contributed by atoms with E-state index in [1.54, 1.807) is 0 Å². The van der Waals surface area contributed by atoms with Crippen molar-refractivity contribution >= 4 is 27.5 Å². The normalized spacial score (nSPS) is 12.2. The number of amides is 1. The Morgan fingerprint density at radius 3 is 2.67 bits per heavy atom. The fraction of sp³-hybridized carbons (Fsp3) is 0.261. The molecule has 1 amide bonds. The number of furan rings is 1. The van der Waals surface area contributed by atoms with Crippen molar-refractivity contribution in [1.29, 1.82) is 0 Å². The number of aromatic nitrogens is 2. The number of carbonyl (C=O) groups excluding carboxylic acids is 1. The molecule has 1 N–H and O–H groups in total. The highest BCUT2D eigenvalue weighted by molar-refractivity contribution is 7.17. The average molecular weight is 422 g/mol. The fourth-order valence-electron chi connectivity index (χ4n) is 3.37. The van der Waals surface area contributed by atoms with Crippen LogP contribution in [0.1, 0.15) is 36.5 Å². The van der Waals surface area contributed by atoms with Crippen LogP contribution in [0.3, 0.4) is 0 Å². The van der Waals surface area contributed by atoms with E-state index in [0.717, 1.165) is 16.9 Å². The summed E-state index contributed by atoms with van der Waals surface area (Å²) in [5, 5.41) is 5.48. The van der Waals surface area contributed by atoms with Crippen molar-refractivity contribution in [3.8, 4) is 11.1 Å². The van der Waals surface area contributed by atoms with Crippen molar-refractivity contribution < 1.29 is 9.21 Å². The summed E-state index contributed by atoms with van der Waals surface area (Å²) in [4.78, 5) is 30.6. The van der Waals surface area contributed by atoms with Gasteiger partial charge in [0.05, 0.1) is 17.8 Å². The first-order valence-electron chi connectivity index (χ1n) is 9.82. The first-order valence-corrected chi connectivity index (χ1v) is 10.7. The largest absolute Gasteiger partial charge is 0.464 e. The molecule has 0 aliphatic rings. The molecule has 0 aliphatic carbocycles. The smallest absolute Gasteiger partial charge is 0.262 e. The van der Waals surface area contributed by atoms with Gasteiger partial charge in [0.1, 0.15) is 16.4 Å². The number of hydrogen-bond donors (Lipinski definition) is 1. The number of carbonyl (C=O) groups is 1. The van der Waals surface area contributed by atoms with E-state index in [2.05, 4.69) is 10.3 Å². The highest BCUT2D eigenvalue weighted by Gasteiger charge is 2.15. The van der Waals surface area contributed by atoms with Gasteiger partial charge in [-0.25, -0.2) is 4.98 Å². The van der Waals surface area contributed by atoms with Crippen LogP contribution >= 0.6 is 11.3 Å². The van der Waals surface area contributed by atoms with Crippen LogP contribution in [0.4, 0.5) is 0 Å². The molecule has 0 saturated carbocycles. The second-order valence-electron chi connectivity index (χ2n) is 7.43. The zero-order chi connectivity index (χ0) is 21.3. The monoisotopic (exact) mass is 421 g/mol. The number of aryl methyl sites for hydroxylation is 3. The zero-order valence-corrected chi connectivity index (χ0v) is 18.0. The summed E-state index contributed by atoms with van der Waals surface area (Å²) in [6, 6.07) is 11.6. The lowest BCUT2D eigenvalue weighted by atomic mass is 10.1. The SMILES string of the molecule is Cc1ccc(-c2csc3ncn(CCC(=O)NC(C)c4ccc(C)o4)c(=O)c23)cc1. The molecule has 0 bridgehead atoms. The van der Waals surface area contributed by atoms with Crippen LogP contribution in [0.25, 0.3) is 21.3 Å². The van der Waals surface area contributed by atoms with Gasteiger partial charge in [0.25, 0.3) is 5.56 Å². The molecule has 0 saturated heterocycles. The van der Waals surface area contributed by atoms with Gasteiger partial charge < -0.3 is 9.73 Å². The van der Waals surface area contributed by atoms with E-state index in [-0.39, 0.29) is 30.5 Å². The molecule has 0 spiro atoms. The molecule has 30 heavy (non-hydrogen) atoms. The molecule has 4 aromatic rings. The molecule has 6 nitrogen and oxygen atoms in total. The van der Waals surface area contributed by atoms with Gasteiger partial charge in [0.2, 0.25) is 5.91 Å². The van der Waals surface area contributed by atoms with Gasteiger partial charge in [-0.3, -0.25) is 14.2 Å². The van der Waals surface area contributed by atoms with Crippen molar-refractivity contribution in [2.75, 3.05) is 0 Å². The summed E-state index contributed by atoms with van der Waals surface area (Å²) in [5.74, 6) is 1.37. The number of benzene rings is 1. The molecule has 1 unspecified atom stereocenters. The number of thiophene rings is 1. The van der Waals surface area contributed by atoms with Crippen LogP contribution in [-0.4, -0.2) is 15.5 Å². The van der Waals surface area contributed by atoms with Gasteiger partial charge in [-0.05, 0) is 38.5 Å². The maximum Gasteiger partial charge on any atom is 0.262 e. The van der Waals surface area contributed by atoms with Crippen LogP contribution in [0.2, 0.25) is 0 Å². The lowest BCUT2D eigenvalue weighted by Crippen LogP contribution is -2.29. The third kappa shape index (κ3) is 4.07. The van der Waals surface area contributed by atoms with Crippen LogP contribution in [-0.2, 0) is 11.3 Å². The predicted octanol–water partition coefficient (Wildman–Crippen LogP) is 4.60. The lowest BCUT2D eigenvalue weighted by Gasteiger charge is -2.12. The highest BCUT2D eigenvalue weighted by Crippen LogP contribution is 2.30. The minimum Gasteiger partial charge on any atom is -0.464 e. The predicted molar refractivity (Wildman–Crippen MR) is 119 cm³/mol. The van der Waals surface area contributed by atoms with Gasteiger partial charge in [0.15, 0.2) is 0 Å². The molecule has 154 valence electrons. The molecule has 0 radical (unpaired) electrons. The van der Waals surface area contributed by atoms with Gasteiger partial charge >= 0.3 is 0 Å². The van der Waals surface area contributed by atoms with Gasteiger partial charge in [0, 0.05) is 23.9 Å². The summed E-state index contributed by atoms with van der Waals surface area (Å²) in [5.41, 5.74) is 2.91. The zero-order valence-electron chi connectivity index (χ0n) is 17.1. The third-order valence-electron chi connectivity index (χ3n) is 5.07. The van der Waals surface area contributed by atoms with E-state index in [1.807, 2.05) is 62.5 Å². The van der Waals surface area contributed by atoms with Gasteiger partial charge in [-0.1, -0.05) is 29.8 Å². The van der Waals surface area contributed by atoms with Crippen LogP contribution in [0.5, 0.6) is 0 Å². The van der Waals surface area contributed by atoms with E-state index in [0.29, 0.717) is 16.0 Å². The average Bonchev–Trinajstić information content (AvgIpc) is 3.35. The summed E-state index contributed by atoms with van der Waals surface area (Å²) >= 11 is 1.45. The third-order valence-corrected chi connectivity index (χ3v) is 5.95. The molecule has 1 atom stereocenters. The number of fused-ring (bicyclic) bond motifs is 1. The maximum absolute atomic E-state index is 13.1. The van der Waals surface area contributed by atoms with Crippen molar-refractivity contribution in [1.82, 2.24) is 14.9 Å². The summed E-state index contributed by atoms with van der Waals surface area (Å²) in [6.45, 7) is 6.03. The number of hydrogen-bond acceptors (Lipinski definition) is 5. The molecule has 0 fully saturated rings. The summed E-state index contributed by atoms with van der Waals surface area (Å²) in [6.07, 6.45) is 1.70. The minimum absolute atomic E-state index is 0.126. The quantitative estimate of drug-likeness (QED) is 0.493. The Morgan fingerprint density at radius 1 is 1.20 bits per heavy atom. The summed E-state index contributed by atoms with van der Waals surface area (Å²) in [7, 11) is 0. The van der Waals surface area contributed by atoms with Crippen LogP contribution < -0.4 is 10.9 Å². The van der Waals surface area contributed by atoms with Crippen molar-refractivity contribution in [3.05, 3.63) is 75.5 Å². The van der Waals surface area contributed by atoms with Crippen LogP contribution in [0, 0.1) is 13.8 Å². The lowest BCUT2D eigenvalue weighted by molar-refractivity contribution is -0.122. The maximum atomic E-state index is 13.1. The Labute approximate surface area is 178 Å². The summed E-state index contributed by atoms with van der Waals surface area (Å²) < 4.78 is 7.06. The van der Waals surface area contributed by atoms with Crippen LogP contribution in [0.15, 0.2) is 57.3 Å². The Balaban J connectivity index is 1.51. The number of rotatable bonds is 6. The number of nitrogens with zero attached hydrogens (tertiary/aromatic N) is 2. The van der Waals surface area contributed by atoms with Crippen molar-refractivity contribution in [2.45, 2.75) is 39.8 Å². The minimum atomic E-state index is -0.228. The Bertz CT molecular complexity index is 1250. The Morgan fingerprint density at radius 2 is 1.97 bits per heavy atom. The molecule has 4 rings (SSSR count). The molecule has 3 aromatic heterocycles. The van der Waals surface area contributed by atoms with E-state index < -0.39 is 0 Å². The second-order valence-corrected chi connectivity index (χ2v) is 8.28. The standard InChI is InChI=1S/C23H23N3O3S/c1-14-4-7-17(8-5-14)18-12-30-22-21(18)23(28)26(13-24-22)11-10-20(27)25-16(3)19-9-6-15(2)29-19/h4-9,12-13,16H,10-11H2,1-3H3,(H,25,27). The van der Waals surface area contributed by atoms with Gasteiger partial charge in [-0.15, -0.1) is 11.3 Å². The molecule has 3 heterocycles. The Hall–Kier alpha value is -3.19. The Kier molecular flexibility index (Phi) is 5.55. The molecule has 1 aromatic carbocycles. The first kappa shape index (κ1) is 20.1. The van der Waals surface area contributed by atoms with Crippen molar-refractivity contribution in [3.63, 3.8) is 0 Å². The number of nitrogens with one attached hydrogen (secondary N) is 1. The van der Waals surface area contributed by atoms with Gasteiger partial charge in [-0.2, -0.15) is 0 Å². The molecule has 0 aliphatic heterocycles. The van der Waals surface area contributed by atoms with E-state index >= 15 is 0 Å². The fourth-order valence-corrected chi connectivity index (χ4v) is 4.27. The topological polar surface area (TPSA) is 77.1 Å². The molecule has 7 heteroatoms. The van der Waals surface area contributed by atoms with Crippen molar-refractivity contribution in [2.24, 2.45) is 0 Å². The highest BCUT2D eigenvalue weighted by atomic mass is 32.1. The van der Waals surface area contributed by atoms with E-state index in [9.17, 15) is 9.59 Å². The second kappa shape index (κ2) is 8.28. The first-order chi connectivity index (χ1) is 14.4. The molecular weight excluding hydrogens is 398 g/mol.